The lowest BCUT2D eigenvalue weighted by molar-refractivity contribution is -0.167. The number of amides is 1. The van der Waals surface area contributed by atoms with Gasteiger partial charge in [-0.15, -0.1) is 0 Å². The lowest BCUT2D eigenvalue weighted by atomic mass is 10.1. The number of hydrogen-bond acceptors (Lipinski definition) is 5. The van der Waals surface area contributed by atoms with Gasteiger partial charge in [0.1, 0.15) is 0 Å². The zero-order valence-electron chi connectivity index (χ0n) is 15.8. The van der Waals surface area contributed by atoms with E-state index in [-0.39, 0.29) is 12.4 Å². The Hall–Kier alpha value is -3.02. The number of benzene rings is 1. The Morgan fingerprint density at radius 3 is 2.64 bits per heavy atom. The minimum atomic E-state index is -0.667. The third-order valence-corrected chi connectivity index (χ3v) is 4.78. The van der Waals surface area contributed by atoms with Gasteiger partial charge in [0.15, 0.2) is 6.23 Å². The minimum absolute atomic E-state index is 0.264. The van der Waals surface area contributed by atoms with Gasteiger partial charge in [-0.05, 0) is 37.3 Å². The largest absolute Gasteiger partial charge is 0.441 e. The van der Waals surface area contributed by atoms with E-state index in [1.165, 1.54) is 4.90 Å². The van der Waals surface area contributed by atoms with Crippen LogP contribution in [0.1, 0.15) is 48.0 Å². The predicted octanol–water partition coefficient (Wildman–Crippen LogP) is 3.17. The number of ether oxygens (including phenoxy) is 1. The Balaban J connectivity index is 1.54. The van der Waals surface area contributed by atoms with Gasteiger partial charge in [0.2, 0.25) is 5.78 Å². The van der Waals surface area contributed by atoms with Crippen molar-refractivity contribution in [2.45, 2.75) is 44.8 Å². The second-order valence-electron chi connectivity index (χ2n) is 6.85. The van der Waals surface area contributed by atoms with Crippen molar-refractivity contribution in [3.05, 3.63) is 66.0 Å². The number of likely N-dealkylation sites (tertiary alicyclic amines) is 1. The quantitative estimate of drug-likeness (QED) is 0.419. The molecule has 0 saturated carbocycles. The first-order valence-electron chi connectivity index (χ1n) is 9.64. The van der Waals surface area contributed by atoms with Gasteiger partial charge >= 0.3 is 5.97 Å². The van der Waals surface area contributed by atoms with Gasteiger partial charge in [-0.2, -0.15) is 0 Å². The lowest BCUT2D eigenvalue weighted by Crippen LogP contribution is -2.48. The van der Waals surface area contributed by atoms with E-state index >= 15 is 0 Å². The van der Waals surface area contributed by atoms with E-state index in [0.717, 1.165) is 24.8 Å². The van der Waals surface area contributed by atoms with Gasteiger partial charge in [0.25, 0.3) is 5.91 Å². The van der Waals surface area contributed by atoms with Crippen LogP contribution in [0.25, 0.3) is 0 Å². The molecule has 0 bridgehead atoms. The van der Waals surface area contributed by atoms with E-state index in [4.69, 9.17) is 4.74 Å². The zero-order valence-corrected chi connectivity index (χ0v) is 15.8. The maximum Gasteiger partial charge on any atom is 0.307 e. The van der Waals surface area contributed by atoms with Crippen molar-refractivity contribution in [1.82, 2.24) is 9.88 Å². The van der Waals surface area contributed by atoms with Crippen molar-refractivity contribution >= 4 is 17.7 Å². The van der Waals surface area contributed by atoms with Crippen molar-refractivity contribution in [3.63, 3.8) is 0 Å². The topological polar surface area (TPSA) is 76.6 Å². The summed E-state index contributed by atoms with van der Waals surface area (Å²) in [7, 11) is 0. The Labute approximate surface area is 164 Å². The molecule has 1 atom stereocenters. The Kier molecular flexibility index (Phi) is 6.89. The van der Waals surface area contributed by atoms with Crippen LogP contribution in [-0.2, 0) is 20.7 Å². The molecule has 1 aromatic heterocycles. The molecule has 1 saturated heterocycles. The SMILES string of the molecule is O=C(CCCc1cccnc1)OC1CCCCN1C(=O)C(=O)c1ccccc1. The van der Waals surface area contributed by atoms with E-state index in [2.05, 4.69) is 4.98 Å². The summed E-state index contributed by atoms with van der Waals surface area (Å²) in [4.78, 5) is 42.8. The zero-order chi connectivity index (χ0) is 19.8. The lowest BCUT2D eigenvalue weighted by Gasteiger charge is -2.34. The molecular weight excluding hydrogens is 356 g/mol. The Morgan fingerprint density at radius 1 is 1.07 bits per heavy atom. The highest BCUT2D eigenvalue weighted by Gasteiger charge is 2.33. The number of rotatable bonds is 7. The van der Waals surface area contributed by atoms with E-state index in [1.54, 1.807) is 42.7 Å². The minimum Gasteiger partial charge on any atom is -0.441 e. The molecule has 1 aliphatic rings. The van der Waals surface area contributed by atoms with Crippen LogP contribution in [0, 0.1) is 0 Å². The first kappa shape index (κ1) is 19.7. The smallest absolute Gasteiger partial charge is 0.307 e. The van der Waals surface area contributed by atoms with E-state index < -0.39 is 17.9 Å². The monoisotopic (exact) mass is 380 g/mol. The van der Waals surface area contributed by atoms with Crippen LogP contribution in [0.5, 0.6) is 0 Å². The molecule has 1 amide bonds. The maximum atomic E-state index is 12.7. The molecule has 0 aliphatic carbocycles. The molecule has 2 heterocycles. The van der Waals surface area contributed by atoms with Crippen molar-refractivity contribution < 1.29 is 19.1 Å². The normalized spacial score (nSPS) is 16.4. The molecule has 6 nitrogen and oxygen atoms in total. The van der Waals surface area contributed by atoms with Gasteiger partial charge < -0.3 is 4.74 Å². The average Bonchev–Trinajstić information content (AvgIpc) is 2.74. The fourth-order valence-electron chi connectivity index (χ4n) is 3.29. The first-order valence-corrected chi connectivity index (χ1v) is 9.64. The van der Waals surface area contributed by atoms with Crippen LogP contribution in [0.3, 0.4) is 0 Å². The van der Waals surface area contributed by atoms with Gasteiger partial charge in [0, 0.05) is 37.3 Å². The summed E-state index contributed by atoms with van der Waals surface area (Å²) in [6, 6.07) is 12.3. The number of pyridine rings is 1. The standard InChI is InChI=1S/C22H24N2O4/c25-20(13-6-8-17-9-7-14-23-16-17)28-19-12-4-5-15-24(19)22(27)21(26)18-10-2-1-3-11-18/h1-3,7,9-11,14,16,19H,4-6,8,12-13,15H2. The summed E-state index contributed by atoms with van der Waals surface area (Å²) in [5.74, 6) is -1.53. The molecule has 6 heteroatoms. The number of aryl methyl sites for hydroxylation is 1. The summed E-state index contributed by atoms with van der Waals surface area (Å²) in [5.41, 5.74) is 1.41. The van der Waals surface area contributed by atoms with E-state index in [0.29, 0.717) is 24.9 Å². The third kappa shape index (κ3) is 5.25. The van der Waals surface area contributed by atoms with E-state index in [1.807, 2.05) is 12.1 Å². The predicted molar refractivity (Wildman–Crippen MR) is 103 cm³/mol. The number of hydrogen-bond donors (Lipinski definition) is 0. The number of Topliss-reactive ketones (excluding diaryl/α,β-unsaturated/α-hetero) is 1. The summed E-state index contributed by atoms with van der Waals surface area (Å²) < 4.78 is 5.55. The second-order valence-corrected chi connectivity index (χ2v) is 6.85. The summed E-state index contributed by atoms with van der Waals surface area (Å²) in [6.07, 6.45) is 6.68. The van der Waals surface area contributed by atoms with Crippen molar-refractivity contribution in [1.29, 1.82) is 0 Å². The molecular formula is C22H24N2O4. The molecule has 1 aliphatic heterocycles. The highest BCUT2D eigenvalue weighted by atomic mass is 16.6. The summed E-state index contributed by atoms with van der Waals surface area (Å²) in [6.45, 7) is 0.422. The average molecular weight is 380 g/mol. The van der Waals surface area contributed by atoms with Crippen LogP contribution < -0.4 is 0 Å². The maximum absolute atomic E-state index is 12.7. The fraction of sp³-hybridized carbons (Fsp3) is 0.364. The number of esters is 1. The second kappa shape index (κ2) is 9.78. The van der Waals surface area contributed by atoms with Crippen LogP contribution >= 0.6 is 0 Å². The van der Waals surface area contributed by atoms with Crippen molar-refractivity contribution in [2.75, 3.05) is 6.54 Å². The Bertz CT molecular complexity index is 808. The van der Waals surface area contributed by atoms with E-state index in [9.17, 15) is 14.4 Å². The van der Waals surface area contributed by atoms with Crippen LogP contribution in [0.15, 0.2) is 54.9 Å². The number of aromatic nitrogens is 1. The molecule has 0 radical (unpaired) electrons. The van der Waals surface area contributed by atoms with Gasteiger partial charge in [-0.1, -0.05) is 36.4 Å². The number of carbonyl (C=O) groups is 3. The number of ketones is 1. The van der Waals surface area contributed by atoms with Crippen LogP contribution in [0.4, 0.5) is 0 Å². The van der Waals surface area contributed by atoms with Crippen LogP contribution in [-0.4, -0.2) is 40.3 Å². The molecule has 28 heavy (non-hydrogen) atoms. The van der Waals surface area contributed by atoms with Gasteiger partial charge in [0.05, 0.1) is 0 Å². The van der Waals surface area contributed by atoms with Crippen molar-refractivity contribution in [3.8, 4) is 0 Å². The first-order chi connectivity index (χ1) is 13.6. The molecule has 1 fully saturated rings. The molecule has 1 aromatic carbocycles. The highest BCUT2D eigenvalue weighted by Crippen LogP contribution is 2.20. The van der Waals surface area contributed by atoms with Gasteiger partial charge in [-0.3, -0.25) is 24.3 Å². The molecule has 0 spiro atoms. The fourth-order valence-corrected chi connectivity index (χ4v) is 3.29. The molecule has 0 N–H and O–H groups in total. The third-order valence-electron chi connectivity index (χ3n) is 4.78. The van der Waals surface area contributed by atoms with Crippen LogP contribution in [0.2, 0.25) is 0 Å². The highest BCUT2D eigenvalue weighted by molar-refractivity contribution is 6.42. The number of piperidine rings is 1. The van der Waals surface area contributed by atoms with Gasteiger partial charge in [-0.25, -0.2) is 0 Å². The Morgan fingerprint density at radius 2 is 1.89 bits per heavy atom. The number of carbonyl (C=O) groups excluding carboxylic acids is 3. The molecule has 3 rings (SSSR count). The van der Waals surface area contributed by atoms with Crippen molar-refractivity contribution in [2.24, 2.45) is 0 Å². The number of nitrogens with zero attached hydrogens (tertiary/aromatic N) is 2. The molecule has 2 aromatic rings. The molecule has 1 unspecified atom stereocenters. The summed E-state index contributed by atoms with van der Waals surface area (Å²) in [5, 5.41) is 0. The summed E-state index contributed by atoms with van der Waals surface area (Å²) >= 11 is 0. The molecule has 146 valence electrons.